The lowest BCUT2D eigenvalue weighted by Crippen LogP contribution is -2.38. The van der Waals surface area contributed by atoms with Gasteiger partial charge in [0.2, 0.25) is 0 Å². The van der Waals surface area contributed by atoms with Crippen LogP contribution in [0.2, 0.25) is 0 Å². The molecule has 0 saturated heterocycles. The van der Waals surface area contributed by atoms with E-state index in [4.69, 9.17) is 9.47 Å². The number of nitrogens with zero attached hydrogens (tertiary/aromatic N) is 1. The molecule has 6 nitrogen and oxygen atoms in total. The number of aromatic nitrogens is 1. The molecule has 1 heterocycles. The van der Waals surface area contributed by atoms with Crippen molar-refractivity contribution in [1.29, 1.82) is 0 Å². The van der Waals surface area contributed by atoms with Gasteiger partial charge in [0.1, 0.15) is 17.3 Å². The normalized spacial score (nSPS) is 12.9. The van der Waals surface area contributed by atoms with Gasteiger partial charge >= 0.3 is 0 Å². The van der Waals surface area contributed by atoms with E-state index in [2.05, 4.69) is 22.5 Å². The van der Waals surface area contributed by atoms with Gasteiger partial charge < -0.3 is 25.2 Å². The number of rotatable bonds is 11. The van der Waals surface area contributed by atoms with E-state index in [9.17, 15) is 5.11 Å². The third-order valence-corrected chi connectivity index (χ3v) is 4.59. The molecular weight excluding hydrogens is 342 g/mol. The third-order valence-electron chi connectivity index (χ3n) is 4.59. The van der Waals surface area contributed by atoms with E-state index in [-0.39, 0.29) is 12.1 Å². The van der Waals surface area contributed by atoms with Crippen molar-refractivity contribution in [2.24, 2.45) is 0 Å². The predicted octanol–water partition coefficient (Wildman–Crippen LogP) is 4.06. The Morgan fingerprint density at radius 1 is 1.15 bits per heavy atom. The van der Waals surface area contributed by atoms with Crippen LogP contribution in [0.4, 0.5) is 11.5 Å². The Morgan fingerprint density at radius 2 is 1.96 bits per heavy atom. The molecule has 6 heteroatoms. The summed E-state index contributed by atoms with van der Waals surface area (Å²) in [6.45, 7) is 4.86. The van der Waals surface area contributed by atoms with Crippen LogP contribution in [-0.4, -0.2) is 36.5 Å². The van der Waals surface area contributed by atoms with Gasteiger partial charge in [0.25, 0.3) is 0 Å². The Kier molecular flexibility index (Phi) is 7.73. The summed E-state index contributed by atoms with van der Waals surface area (Å²) in [5, 5.41) is 16.5. The molecule has 1 atom stereocenters. The van der Waals surface area contributed by atoms with Gasteiger partial charge in [-0.25, -0.2) is 4.98 Å². The molecule has 0 aliphatic carbocycles. The van der Waals surface area contributed by atoms with Crippen molar-refractivity contribution in [3.8, 4) is 11.5 Å². The number of aliphatic hydroxyl groups is 1. The Labute approximate surface area is 161 Å². The average Bonchev–Trinajstić information content (AvgIpc) is 2.70. The summed E-state index contributed by atoms with van der Waals surface area (Å²) in [5.74, 6) is 2.28. The largest absolute Gasteiger partial charge is 0.497 e. The first-order valence-electron chi connectivity index (χ1n) is 9.33. The van der Waals surface area contributed by atoms with Crippen LogP contribution < -0.4 is 20.1 Å². The van der Waals surface area contributed by atoms with Gasteiger partial charge in [-0.3, -0.25) is 0 Å². The van der Waals surface area contributed by atoms with Crippen LogP contribution in [0, 0.1) is 0 Å². The SMILES string of the molecule is CCCCC(C)(CO)Nc1ccnc(NCc2ccc(OC)cc2OC)c1. The number of anilines is 2. The monoisotopic (exact) mass is 373 g/mol. The van der Waals surface area contributed by atoms with E-state index in [1.54, 1.807) is 20.4 Å². The highest BCUT2D eigenvalue weighted by Crippen LogP contribution is 2.26. The van der Waals surface area contributed by atoms with Crippen molar-refractivity contribution < 1.29 is 14.6 Å². The van der Waals surface area contributed by atoms with Crippen molar-refractivity contribution in [2.75, 3.05) is 31.5 Å². The molecule has 3 N–H and O–H groups in total. The van der Waals surface area contributed by atoms with Crippen molar-refractivity contribution in [3.05, 3.63) is 42.1 Å². The first-order chi connectivity index (χ1) is 13.0. The summed E-state index contributed by atoms with van der Waals surface area (Å²) in [7, 11) is 3.28. The molecule has 2 rings (SSSR count). The fourth-order valence-electron chi connectivity index (χ4n) is 2.89. The number of ether oxygens (including phenoxy) is 2. The van der Waals surface area contributed by atoms with Gasteiger partial charge in [0.15, 0.2) is 0 Å². The van der Waals surface area contributed by atoms with Gasteiger partial charge in [0, 0.05) is 36.1 Å². The van der Waals surface area contributed by atoms with E-state index in [1.165, 1.54) is 0 Å². The molecule has 148 valence electrons. The molecule has 0 bridgehead atoms. The molecule has 0 aliphatic rings. The minimum Gasteiger partial charge on any atom is -0.497 e. The topological polar surface area (TPSA) is 75.6 Å². The molecule has 1 unspecified atom stereocenters. The third kappa shape index (κ3) is 6.03. The zero-order valence-corrected chi connectivity index (χ0v) is 16.7. The van der Waals surface area contributed by atoms with Crippen LogP contribution in [0.15, 0.2) is 36.5 Å². The van der Waals surface area contributed by atoms with Gasteiger partial charge in [0.05, 0.1) is 26.4 Å². The van der Waals surface area contributed by atoms with Crippen LogP contribution in [0.3, 0.4) is 0 Å². The average molecular weight is 373 g/mol. The minimum atomic E-state index is -0.339. The fourth-order valence-corrected chi connectivity index (χ4v) is 2.89. The maximum Gasteiger partial charge on any atom is 0.128 e. The van der Waals surface area contributed by atoms with E-state index in [0.717, 1.165) is 47.8 Å². The summed E-state index contributed by atoms with van der Waals surface area (Å²) in [4.78, 5) is 4.38. The van der Waals surface area contributed by atoms with Crippen molar-refractivity contribution >= 4 is 11.5 Å². The zero-order chi connectivity index (χ0) is 19.7. The molecule has 1 aromatic carbocycles. The molecule has 0 aliphatic heterocycles. The van der Waals surface area contributed by atoms with Gasteiger partial charge in [-0.05, 0) is 31.5 Å². The van der Waals surface area contributed by atoms with Gasteiger partial charge in [-0.2, -0.15) is 0 Å². The predicted molar refractivity (Wildman–Crippen MR) is 110 cm³/mol. The molecule has 0 fully saturated rings. The van der Waals surface area contributed by atoms with Crippen LogP contribution in [0.5, 0.6) is 11.5 Å². The summed E-state index contributed by atoms with van der Waals surface area (Å²) in [5.41, 5.74) is 1.61. The number of hydrogen-bond donors (Lipinski definition) is 3. The maximum absolute atomic E-state index is 9.78. The number of pyridine rings is 1. The molecular formula is C21H31N3O3. The Hall–Kier alpha value is -2.47. The summed E-state index contributed by atoms with van der Waals surface area (Å²) in [6.07, 6.45) is 4.84. The number of nitrogens with one attached hydrogen (secondary N) is 2. The lowest BCUT2D eigenvalue weighted by Gasteiger charge is -2.30. The highest BCUT2D eigenvalue weighted by atomic mass is 16.5. The second-order valence-corrected chi connectivity index (χ2v) is 6.91. The van der Waals surface area contributed by atoms with Crippen LogP contribution in [0.1, 0.15) is 38.7 Å². The van der Waals surface area contributed by atoms with E-state index in [1.807, 2.05) is 37.3 Å². The molecule has 2 aromatic rings. The van der Waals surface area contributed by atoms with Crippen LogP contribution in [-0.2, 0) is 6.54 Å². The van der Waals surface area contributed by atoms with Crippen molar-refractivity contribution in [3.63, 3.8) is 0 Å². The summed E-state index contributed by atoms with van der Waals surface area (Å²) < 4.78 is 10.7. The molecule has 0 amide bonds. The molecule has 27 heavy (non-hydrogen) atoms. The Balaban J connectivity index is 2.05. The first kappa shape index (κ1) is 20.8. The first-order valence-corrected chi connectivity index (χ1v) is 9.33. The van der Waals surface area contributed by atoms with E-state index in [0.29, 0.717) is 6.54 Å². The number of hydrogen-bond acceptors (Lipinski definition) is 6. The highest BCUT2D eigenvalue weighted by molar-refractivity contribution is 5.54. The minimum absolute atomic E-state index is 0.0845. The second kappa shape index (κ2) is 10.0. The van der Waals surface area contributed by atoms with Crippen molar-refractivity contribution in [2.45, 2.75) is 45.2 Å². The van der Waals surface area contributed by atoms with Crippen LogP contribution >= 0.6 is 0 Å². The highest BCUT2D eigenvalue weighted by Gasteiger charge is 2.22. The maximum atomic E-state index is 9.78. The van der Waals surface area contributed by atoms with Gasteiger partial charge in [-0.15, -0.1) is 0 Å². The number of methoxy groups -OCH3 is 2. The van der Waals surface area contributed by atoms with E-state index < -0.39 is 0 Å². The lowest BCUT2D eigenvalue weighted by molar-refractivity contribution is 0.212. The standard InChI is InChI=1S/C21H31N3O3/c1-5-6-10-21(2,15-25)24-17-9-11-22-20(12-17)23-14-16-7-8-18(26-3)13-19(16)27-4/h7-9,11-13,25H,5-6,10,14-15H2,1-4H3,(H2,22,23,24). The molecule has 0 saturated carbocycles. The van der Waals surface area contributed by atoms with Crippen LogP contribution in [0.25, 0.3) is 0 Å². The number of aliphatic hydroxyl groups excluding tert-OH is 1. The smallest absolute Gasteiger partial charge is 0.128 e. The molecule has 0 radical (unpaired) electrons. The summed E-state index contributed by atoms with van der Waals surface area (Å²) in [6, 6.07) is 9.61. The molecule has 0 spiro atoms. The van der Waals surface area contributed by atoms with Gasteiger partial charge in [-0.1, -0.05) is 19.8 Å². The van der Waals surface area contributed by atoms with Crippen molar-refractivity contribution in [1.82, 2.24) is 4.98 Å². The number of benzene rings is 1. The second-order valence-electron chi connectivity index (χ2n) is 6.91. The fraction of sp³-hybridized carbons (Fsp3) is 0.476. The quantitative estimate of drug-likeness (QED) is 0.551. The zero-order valence-electron chi connectivity index (χ0n) is 16.7. The van der Waals surface area contributed by atoms with E-state index >= 15 is 0 Å². The lowest BCUT2D eigenvalue weighted by atomic mass is 9.95. The molecule has 1 aromatic heterocycles. The number of unbranched alkanes of at least 4 members (excludes halogenated alkanes) is 1. The Bertz CT molecular complexity index is 724. The summed E-state index contributed by atoms with van der Waals surface area (Å²) >= 11 is 0. The Morgan fingerprint density at radius 3 is 2.63 bits per heavy atom.